The molecule has 5 nitrogen and oxygen atoms in total. The van der Waals surface area contributed by atoms with Gasteiger partial charge in [-0.15, -0.1) is 0 Å². The van der Waals surface area contributed by atoms with Gasteiger partial charge in [0.25, 0.3) is 0 Å². The average molecular weight is 288 g/mol. The number of benzene rings is 1. The van der Waals surface area contributed by atoms with Crippen LogP contribution in [0.1, 0.15) is 48.8 Å². The molecule has 1 aromatic carbocycles. The van der Waals surface area contributed by atoms with Gasteiger partial charge in [0, 0.05) is 12.7 Å². The number of ether oxygens (including phenoxy) is 1. The number of nitrogens with zero attached hydrogens (tertiary/aromatic N) is 2. The second-order valence-electron chi connectivity index (χ2n) is 4.88. The standard InChI is InChI=1S/C16H20N2O3/c1-4-16(5-2,20-3)15-17-14(21-18-15)11-13(19)12-9-7-6-8-10-12/h6-10H,4-5,11H2,1-3H3. The summed E-state index contributed by atoms with van der Waals surface area (Å²) in [5, 5.41) is 3.98. The Kier molecular flexibility index (Phi) is 4.85. The fourth-order valence-electron chi connectivity index (χ4n) is 2.32. The normalized spacial score (nSPS) is 11.6. The SMILES string of the molecule is CCC(CC)(OC)c1noc(CC(=O)c2ccccc2)n1. The molecule has 0 aliphatic carbocycles. The summed E-state index contributed by atoms with van der Waals surface area (Å²) >= 11 is 0. The molecule has 0 saturated heterocycles. The molecule has 1 aromatic heterocycles. The van der Waals surface area contributed by atoms with E-state index in [4.69, 9.17) is 9.26 Å². The summed E-state index contributed by atoms with van der Waals surface area (Å²) in [6.07, 6.45) is 1.58. The summed E-state index contributed by atoms with van der Waals surface area (Å²) in [6.45, 7) is 4.02. The first-order chi connectivity index (χ1) is 10.1. The second kappa shape index (κ2) is 6.63. The molecule has 0 unspecified atom stereocenters. The summed E-state index contributed by atoms with van der Waals surface area (Å²) in [6, 6.07) is 9.08. The zero-order valence-corrected chi connectivity index (χ0v) is 12.6. The zero-order chi connectivity index (χ0) is 15.3. The first-order valence-corrected chi connectivity index (χ1v) is 7.11. The summed E-state index contributed by atoms with van der Waals surface area (Å²) < 4.78 is 10.8. The van der Waals surface area contributed by atoms with Crippen LogP contribution in [0.2, 0.25) is 0 Å². The van der Waals surface area contributed by atoms with Crippen LogP contribution in [0.4, 0.5) is 0 Å². The Balaban J connectivity index is 2.15. The lowest BCUT2D eigenvalue weighted by Gasteiger charge is -2.25. The number of carbonyl (C=O) groups excluding carboxylic acids is 1. The molecule has 21 heavy (non-hydrogen) atoms. The lowest BCUT2D eigenvalue weighted by atomic mass is 9.96. The van der Waals surface area contributed by atoms with Crippen LogP contribution >= 0.6 is 0 Å². The minimum atomic E-state index is -0.544. The summed E-state index contributed by atoms with van der Waals surface area (Å²) in [7, 11) is 1.64. The van der Waals surface area contributed by atoms with Crippen molar-refractivity contribution >= 4 is 5.78 Å². The van der Waals surface area contributed by atoms with Gasteiger partial charge in [-0.2, -0.15) is 4.98 Å². The number of aromatic nitrogens is 2. The Hall–Kier alpha value is -2.01. The van der Waals surface area contributed by atoms with Gasteiger partial charge in [-0.05, 0) is 12.8 Å². The van der Waals surface area contributed by atoms with E-state index in [1.54, 1.807) is 19.2 Å². The molecular weight excluding hydrogens is 268 g/mol. The van der Waals surface area contributed by atoms with E-state index in [9.17, 15) is 4.79 Å². The van der Waals surface area contributed by atoms with Crippen LogP contribution in [-0.2, 0) is 16.8 Å². The maximum absolute atomic E-state index is 12.1. The van der Waals surface area contributed by atoms with Gasteiger partial charge in [0.2, 0.25) is 11.7 Å². The number of rotatable bonds is 7. The minimum absolute atomic E-state index is 0.0400. The van der Waals surface area contributed by atoms with E-state index in [0.717, 1.165) is 12.8 Å². The molecule has 112 valence electrons. The molecule has 0 radical (unpaired) electrons. The molecule has 0 saturated carbocycles. The first kappa shape index (κ1) is 15.4. The molecule has 5 heteroatoms. The number of carbonyl (C=O) groups is 1. The third-order valence-corrected chi connectivity index (χ3v) is 3.82. The van der Waals surface area contributed by atoms with Crippen molar-refractivity contribution in [2.75, 3.05) is 7.11 Å². The molecule has 0 aliphatic heterocycles. The number of hydrogen-bond acceptors (Lipinski definition) is 5. The van der Waals surface area contributed by atoms with Crippen LogP contribution in [0, 0.1) is 0 Å². The molecule has 1 heterocycles. The van der Waals surface area contributed by atoms with E-state index in [0.29, 0.717) is 17.3 Å². The molecule has 0 spiro atoms. The van der Waals surface area contributed by atoms with Gasteiger partial charge in [-0.3, -0.25) is 4.79 Å². The first-order valence-electron chi connectivity index (χ1n) is 7.11. The largest absolute Gasteiger partial charge is 0.370 e. The van der Waals surface area contributed by atoms with Crippen LogP contribution in [-0.4, -0.2) is 23.0 Å². The van der Waals surface area contributed by atoms with Crippen molar-refractivity contribution in [3.63, 3.8) is 0 Å². The van der Waals surface area contributed by atoms with Crippen LogP contribution in [0.15, 0.2) is 34.9 Å². The monoisotopic (exact) mass is 288 g/mol. The summed E-state index contributed by atoms with van der Waals surface area (Å²) in [4.78, 5) is 16.5. The predicted octanol–water partition coefficient (Wildman–Crippen LogP) is 3.16. The second-order valence-corrected chi connectivity index (χ2v) is 4.88. The van der Waals surface area contributed by atoms with Gasteiger partial charge in [0.15, 0.2) is 5.78 Å². The van der Waals surface area contributed by atoms with Crippen molar-refractivity contribution in [2.24, 2.45) is 0 Å². The Morgan fingerprint density at radius 2 is 1.90 bits per heavy atom. The van der Waals surface area contributed by atoms with Crippen LogP contribution < -0.4 is 0 Å². The Morgan fingerprint density at radius 3 is 2.48 bits per heavy atom. The Bertz CT molecular complexity index is 580. The number of ketones is 1. The third-order valence-electron chi connectivity index (χ3n) is 3.82. The van der Waals surface area contributed by atoms with Crippen LogP contribution in [0.3, 0.4) is 0 Å². The average Bonchev–Trinajstić information content (AvgIpc) is 2.99. The maximum atomic E-state index is 12.1. The fourth-order valence-corrected chi connectivity index (χ4v) is 2.32. The zero-order valence-electron chi connectivity index (χ0n) is 12.6. The molecule has 0 atom stereocenters. The van der Waals surface area contributed by atoms with E-state index in [1.807, 2.05) is 32.0 Å². The third kappa shape index (κ3) is 3.19. The van der Waals surface area contributed by atoms with E-state index >= 15 is 0 Å². The van der Waals surface area contributed by atoms with Gasteiger partial charge in [0.05, 0.1) is 6.42 Å². The van der Waals surface area contributed by atoms with Crippen LogP contribution in [0.5, 0.6) is 0 Å². The quantitative estimate of drug-likeness (QED) is 0.732. The van der Waals surface area contributed by atoms with Crippen LogP contribution in [0.25, 0.3) is 0 Å². The van der Waals surface area contributed by atoms with Gasteiger partial charge >= 0.3 is 0 Å². The Labute approximate surface area is 124 Å². The molecule has 0 N–H and O–H groups in total. The topological polar surface area (TPSA) is 65.2 Å². The predicted molar refractivity (Wildman–Crippen MR) is 78.0 cm³/mol. The van der Waals surface area contributed by atoms with Gasteiger partial charge in [0.1, 0.15) is 5.60 Å². The van der Waals surface area contributed by atoms with Crippen molar-refractivity contribution in [1.29, 1.82) is 0 Å². The highest BCUT2D eigenvalue weighted by Crippen LogP contribution is 2.30. The van der Waals surface area contributed by atoms with E-state index < -0.39 is 5.60 Å². The van der Waals surface area contributed by atoms with Gasteiger partial charge < -0.3 is 9.26 Å². The number of methoxy groups -OCH3 is 1. The fraction of sp³-hybridized carbons (Fsp3) is 0.438. The molecular formula is C16H20N2O3. The highest BCUT2D eigenvalue weighted by Gasteiger charge is 2.33. The highest BCUT2D eigenvalue weighted by atomic mass is 16.5. The van der Waals surface area contributed by atoms with E-state index in [2.05, 4.69) is 10.1 Å². The number of Topliss-reactive ketones (excluding diaryl/α,β-unsaturated/α-hetero) is 1. The van der Waals surface area contributed by atoms with Crippen molar-refractivity contribution in [3.05, 3.63) is 47.6 Å². The van der Waals surface area contributed by atoms with Gasteiger partial charge in [-0.1, -0.05) is 49.3 Å². The van der Waals surface area contributed by atoms with E-state index in [-0.39, 0.29) is 12.2 Å². The molecule has 0 fully saturated rings. The lowest BCUT2D eigenvalue weighted by Crippen LogP contribution is -2.28. The maximum Gasteiger partial charge on any atom is 0.234 e. The van der Waals surface area contributed by atoms with E-state index in [1.165, 1.54) is 0 Å². The van der Waals surface area contributed by atoms with Crippen molar-refractivity contribution in [2.45, 2.75) is 38.7 Å². The van der Waals surface area contributed by atoms with Crippen molar-refractivity contribution in [3.8, 4) is 0 Å². The Morgan fingerprint density at radius 1 is 1.24 bits per heavy atom. The van der Waals surface area contributed by atoms with Crippen molar-refractivity contribution in [1.82, 2.24) is 10.1 Å². The molecule has 0 aliphatic rings. The molecule has 2 rings (SSSR count). The lowest BCUT2D eigenvalue weighted by molar-refractivity contribution is -0.0306. The molecule has 2 aromatic rings. The molecule has 0 amide bonds. The summed E-state index contributed by atoms with van der Waals surface area (Å²) in [5.41, 5.74) is 0.0959. The molecule has 0 bridgehead atoms. The highest BCUT2D eigenvalue weighted by molar-refractivity contribution is 5.96. The van der Waals surface area contributed by atoms with Gasteiger partial charge in [-0.25, -0.2) is 0 Å². The summed E-state index contributed by atoms with van der Waals surface area (Å²) in [5.74, 6) is 0.787. The van der Waals surface area contributed by atoms with Crippen molar-refractivity contribution < 1.29 is 14.1 Å². The number of hydrogen-bond donors (Lipinski definition) is 0. The smallest absolute Gasteiger partial charge is 0.234 e. The minimum Gasteiger partial charge on any atom is -0.370 e.